The summed E-state index contributed by atoms with van der Waals surface area (Å²) in [6.45, 7) is 8.40. The summed E-state index contributed by atoms with van der Waals surface area (Å²) in [7, 11) is 1.78. The average molecular weight is 411 g/mol. The van der Waals surface area contributed by atoms with Crippen molar-refractivity contribution in [3.63, 3.8) is 0 Å². The molecule has 2 atom stereocenters. The van der Waals surface area contributed by atoms with Gasteiger partial charge in [0.2, 0.25) is 0 Å². The van der Waals surface area contributed by atoms with Crippen LogP contribution in [0.25, 0.3) is 16.7 Å². The molecule has 1 aliphatic heterocycles. The van der Waals surface area contributed by atoms with E-state index >= 15 is 0 Å². The molecule has 0 aromatic carbocycles. The number of imidazole rings is 1. The molecule has 2 aliphatic carbocycles. The van der Waals surface area contributed by atoms with E-state index in [9.17, 15) is 14.7 Å². The normalized spacial score (nSPS) is 25.0. The van der Waals surface area contributed by atoms with Gasteiger partial charge in [0.25, 0.3) is 5.91 Å². The molecule has 1 amide bonds. The zero-order valence-corrected chi connectivity index (χ0v) is 18.2. The van der Waals surface area contributed by atoms with Crippen LogP contribution < -0.4 is 5.69 Å². The molecule has 3 heterocycles. The minimum absolute atomic E-state index is 0.000863. The quantitative estimate of drug-likeness (QED) is 0.841. The second-order valence-electron chi connectivity index (χ2n) is 10.6. The average Bonchev–Trinajstić information content (AvgIpc) is 3.04. The van der Waals surface area contributed by atoms with Crippen LogP contribution >= 0.6 is 0 Å². The van der Waals surface area contributed by atoms with E-state index in [-0.39, 0.29) is 17.0 Å². The molecule has 0 spiro atoms. The van der Waals surface area contributed by atoms with E-state index in [0.29, 0.717) is 50.0 Å². The summed E-state index contributed by atoms with van der Waals surface area (Å²) in [5, 5.41) is 10.1. The highest BCUT2D eigenvalue weighted by atomic mass is 16.3. The molecular formula is C23H30N4O3. The second-order valence-corrected chi connectivity index (χ2v) is 10.6. The number of carbonyl (C=O) groups is 1. The van der Waals surface area contributed by atoms with Crippen LogP contribution in [0.15, 0.2) is 23.0 Å². The maximum Gasteiger partial charge on any atom is 0.330 e. The highest BCUT2D eigenvalue weighted by molar-refractivity contribution is 5.88. The van der Waals surface area contributed by atoms with Gasteiger partial charge in [-0.2, -0.15) is 0 Å². The van der Waals surface area contributed by atoms with Crippen molar-refractivity contribution in [3.8, 4) is 0 Å². The topological polar surface area (TPSA) is 80.4 Å². The first-order valence-electron chi connectivity index (χ1n) is 10.8. The van der Waals surface area contributed by atoms with E-state index in [1.807, 2.05) is 21.6 Å². The Morgan fingerprint density at radius 3 is 2.63 bits per heavy atom. The fraction of sp³-hybridized carbons (Fsp3) is 0.609. The Kier molecular flexibility index (Phi) is 4.10. The summed E-state index contributed by atoms with van der Waals surface area (Å²) >= 11 is 0. The molecule has 1 saturated heterocycles. The van der Waals surface area contributed by atoms with E-state index in [1.165, 1.54) is 5.57 Å². The molecule has 1 N–H and O–H groups in total. The van der Waals surface area contributed by atoms with E-state index < -0.39 is 5.60 Å². The lowest BCUT2D eigenvalue weighted by Crippen LogP contribution is -2.39. The summed E-state index contributed by atoms with van der Waals surface area (Å²) in [6.07, 6.45) is 4.31. The summed E-state index contributed by atoms with van der Waals surface area (Å²) < 4.78 is 3.45. The molecule has 30 heavy (non-hydrogen) atoms. The van der Waals surface area contributed by atoms with Crippen molar-refractivity contribution >= 4 is 22.6 Å². The molecule has 2 unspecified atom stereocenters. The Balaban J connectivity index is 1.41. The number of nitrogens with zero attached hydrogens (tertiary/aromatic N) is 4. The van der Waals surface area contributed by atoms with Gasteiger partial charge in [0.05, 0.1) is 11.2 Å². The lowest BCUT2D eigenvalue weighted by molar-refractivity contribution is -0.141. The van der Waals surface area contributed by atoms with E-state index in [0.717, 1.165) is 17.6 Å². The van der Waals surface area contributed by atoms with Gasteiger partial charge < -0.3 is 10.0 Å². The Morgan fingerprint density at radius 2 is 2.00 bits per heavy atom. The van der Waals surface area contributed by atoms with Gasteiger partial charge in [-0.3, -0.25) is 13.9 Å². The first-order chi connectivity index (χ1) is 14.1. The Labute approximate surface area is 176 Å². The van der Waals surface area contributed by atoms with E-state index in [1.54, 1.807) is 11.6 Å². The molecule has 7 heteroatoms. The fourth-order valence-electron chi connectivity index (χ4n) is 4.97. The zero-order chi connectivity index (χ0) is 21.4. The standard InChI is InChI=1S/C23H30N4O3/c1-22(2,3)13-27-18-6-5-17(24-19(18)25(4)21(27)29)14-9-15-11-26(12-16(15)10-14)20(28)23(30)7-8-23/h5-6,9,15-16,30H,7-8,10-13H2,1-4H3. The third-order valence-electron chi connectivity index (χ3n) is 6.74. The van der Waals surface area contributed by atoms with Crippen molar-refractivity contribution < 1.29 is 9.90 Å². The number of hydrogen-bond donors (Lipinski definition) is 1. The smallest absolute Gasteiger partial charge is 0.330 e. The Morgan fingerprint density at radius 1 is 1.27 bits per heavy atom. The predicted octanol–water partition coefficient (Wildman–Crippen LogP) is 2.17. The van der Waals surface area contributed by atoms with Gasteiger partial charge >= 0.3 is 5.69 Å². The number of rotatable bonds is 3. The number of likely N-dealkylation sites (tertiary alicyclic amines) is 1. The number of carbonyl (C=O) groups excluding carboxylic acids is 1. The summed E-state index contributed by atoms with van der Waals surface area (Å²) in [6, 6.07) is 4.03. The van der Waals surface area contributed by atoms with Crippen LogP contribution in [-0.4, -0.2) is 48.7 Å². The monoisotopic (exact) mass is 410 g/mol. The number of aliphatic hydroxyl groups is 1. The summed E-state index contributed by atoms with van der Waals surface area (Å²) in [5.41, 5.74) is 2.58. The number of hydrogen-bond acceptors (Lipinski definition) is 4. The van der Waals surface area contributed by atoms with Crippen LogP contribution in [0.3, 0.4) is 0 Å². The third-order valence-corrected chi connectivity index (χ3v) is 6.74. The molecule has 5 rings (SSSR count). The summed E-state index contributed by atoms with van der Waals surface area (Å²) in [4.78, 5) is 31.9. The van der Waals surface area contributed by atoms with Gasteiger partial charge in [0.15, 0.2) is 5.65 Å². The first-order valence-corrected chi connectivity index (χ1v) is 10.8. The lowest BCUT2D eigenvalue weighted by atomic mass is 9.97. The number of pyridine rings is 1. The summed E-state index contributed by atoms with van der Waals surface area (Å²) in [5.74, 6) is 0.609. The zero-order valence-electron chi connectivity index (χ0n) is 18.2. The molecule has 2 fully saturated rings. The van der Waals surface area contributed by atoms with Crippen LogP contribution in [-0.2, 0) is 18.4 Å². The van der Waals surface area contributed by atoms with E-state index in [4.69, 9.17) is 4.98 Å². The van der Waals surface area contributed by atoms with Crippen LogP contribution in [0.5, 0.6) is 0 Å². The molecule has 0 radical (unpaired) electrons. The molecular weight excluding hydrogens is 380 g/mol. The number of aromatic nitrogens is 3. The number of aryl methyl sites for hydroxylation is 1. The molecule has 2 aromatic rings. The highest BCUT2D eigenvalue weighted by Crippen LogP contribution is 2.44. The minimum atomic E-state index is -1.08. The molecule has 0 bridgehead atoms. The van der Waals surface area contributed by atoms with Gasteiger partial charge in [-0.05, 0) is 54.2 Å². The van der Waals surface area contributed by atoms with Crippen LogP contribution in [0, 0.1) is 17.3 Å². The van der Waals surface area contributed by atoms with Crippen molar-refractivity contribution in [3.05, 3.63) is 34.4 Å². The van der Waals surface area contributed by atoms with Gasteiger partial charge in [0, 0.05) is 26.7 Å². The predicted molar refractivity (Wildman–Crippen MR) is 115 cm³/mol. The Bertz CT molecular complexity index is 1130. The first kappa shape index (κ1) is 19.5. The van der Waals surface area contributed by atoms with Crippen molar-refractivity contribution in [1.82, 2.24) is 19.0 Å². The number of fused-ring (bicyclic) bond motifs is 2. The maximum atomic E-state index is 12.8. The van der Waals surface area contributed by atoms with Gasteiger partial charge in [0.1, 0.15) is 5.60 Å². The Hall–Kier alpha value is -2.41. The van der Waals surface area contributed by atoms with Gasteiger partial charge in [-0.15, -0.1) is 0 Å². The largest absolute Gasteiger partial charge is 0.380 e. The van der Waals surface area contributed by atoms with Gasteiger partial charge in [-0.1, -0.05) is 26.8 Å². The molecule has 3 aliphatic rings. The molecule has 160 valence electrons. The van der Waals surface area contributed by atoms with Crippen molar-refractivity contribution in [2.24, 2.45) is 24.3 Å². The van der Waals surface area contributed by atoms with Crippen molar-refractivity contribution in [2.75, 3.05) is 13.1 Å². The SMILES string of the molecule is Cn1c(=O)n(CC(C)(C)C)c2ccc(C3=CC4CN(C(=O)C5(O)CC5)CC4C3)nc21. The van der Waals surface area contributed by atoms with Crippen LogP contribution in [0.1, 0.15) is 45.7 Å². The third kappa shape index (κ3) is 3.11. The van der Waals surface area contributed by atoms with Crippen molar-refractivity contribution in [1.29, 1.82) is 0 Å². The highest BCUT2D eigenvalue weighted by Gasteiger charge is 2.52. The number of amides is 1. The van der Waals surface area contributed by atoms with Crippen LogP contribution in [0.2, 0.25) is 0 Å². The molecule has 1 saturated carbocycles. The maximum absolute atomic E-state index is 12.8. The lowest BCUT2D eigenvalue weighted by Gasteiger charge is -2.20. The molecule has 2 aromatic heterocycles. The minimum Gasteiger partial charge on any atom is -0.380 e. The van der Waals surface area contributed by atoms with Crippen LogP contribution in [0.4, 0.5) is 0 Å². The second kappa shape index (κ2) is 6.30. The van der Waals surface area contributed by atoms with Crippen molar-refractivity contribution in [2.45, 2.75) is 52.2 Å². The number of allylic oxidation sites excluding steroid dienone is 1. The van der Waals surface area contributed by atoms with Gasteiger partial charge in [-0.25, -0.2) is 9.78 Å². The fourth-order valence-corrected chi connectivity index (χ4v) is 4.97. The van der Waals surface area contributed by atoms with E-state index in [2.05, 4.69) is 26.8 Å². The molecule has 7 nitrogen and oxygen atoms in total.